The van der Waals surface area contributed by atoms with Crippen LogP contribution in [0.5, 0.6) is 0 Å². The zero-order chi connectivity index (χ0) is 6.62. The third-order valence-corrected chi connectivity index (χ3v) is 1.05. The maximum absolute atomic E-state index is 2.33. The van der Waals surface area contributed by atoms with Crippen LogP contribution in [0.15, 0.2) is 0 Å². The van der Waals surface area contributed by atoms with Crippen LogP contribution >= 0.6 is 0 Å². The summed E-state index contributed by atoms with van der Waals surface area (Å²) in [6.07, 6.45) is 2.45. The Morgan fingerprint density at radius 2 is 1.75 bits per heavy atom. The van der Waals surface area contributed by atoms with Crippen molar-refractivity contribution in [3.05, 3.63) is 0 Å². The minimum absolute atomic E-state index is 0.496. The van der Waals surface area contributed by atoms with E-state index in [2.05, 4.69) is 35.0 Å². The van der Waals surface area contributed by atoms with Crippen LogP contribution in [0, 0.1) is 5.41 Å². The molecular weight excluding hydrogens is 94.9 g/mol. The number of hydrogen-bond donors (Lipinski definition) is 0. The molecule has 0 spiro atoms. The van der Waals surface area contributed by atoms with Crippen LogP contribution in [-0.4, -0.2) is 7.28 Å². The van der Waals surface area contributed by atoms with Crippen LogP contribution in [0.3, 0.4) is 0 Å². The lowest BCUT2D eigenvalue weighted by molar-refractivity contribution is 0.466. The Morgan fingerprint density at radius 1 is 1.25 bits per heavy atom. The highest BCUT2D eigenvalue weighted by molar-refractivity contribution is 6.35. The molecule has 0 atom stereocenters. The van der Waals surface area contributed by atoms with Gasteiger partial charge in [-0.05, 0) is 5.41 Å². The van der Waals surface area contributed by atoms with Crippen LogP contribution < -0.4 is 0 Å². The van der Waals surface area contributed by atoms with E-state index in [0.29, 0.717) is 5.41 Å². The monoisotopic (exact) mass is 111 g/mol. The highest BCUT2D eigenvalue weighted by Crippen LogP contribution is 2.18. The fourth-order valence-electron chi connectivity index (χ4n) is 0.577. The molecule has 47 valence electrons. The lowest BCUT2D eigenvalue weighted by atomic mass is 9.63. The molecule has 0 aromatic rings. The first-order chi connectivity index (χ1) is 3.56. The van der Waals surface area contributed by atoms with Gasteiger partial charge < -0.3 is 0 Å². The van der Waals surface area contributed by atoms with Crippen molar-refractivity contribution in [1.29, 1.82) is 0 Å². The summed E-state index contributed by atoms with van der Waals surface area (Å²) < 4.78 is 0. The lowest BCUT2D eigenvalue weighted by Gasteiger charge is -2.16. The first kappa shape index (κ1) is 8.06. The van der Waals surface area contributed by atoms with Crippen molar-refractivity contribution in [1.82, 2.24) is 0 Å². The van der Waals surface area contributed by atoms with Gasteiger partial charge >= 0.3 is 0 Å². The van der Waals surface area contributed by atoms with Crippen LogP contribution in [0.4, 0.5) is 0 Å². The second-order valence-corrected chi connectivity index (χ2v) is 3.46. The van der Waals surface area contributed by atoms with Crippen molar-refractivity contribution >= 4 is 7.28 Å². The summed E-state index contributed by atoms with van der Waals surface area (Å²) in [4.78, 5) is 0. The summed E-state index contributed by atoms with van der Waals surface area (Å²) in [5.41, 5.74) is 0.496. The van der Waals surface area contributed by atoms with Gasteiger partial charge in [0.05, 0.1) is 0 Å². The highest BCUT2D eigenvalue weighted by atomic mass is 14.1. The fourth-order valence-corrected chi connectivity index (χ4v) is 0.577. The van der Waals surface area contributed by atoms with Crippen molar-refractivity contribution < 1.29 is 0 Å². The molecule has 0 nitrogen and oxygen atoms in total. The Labute approximate surface area is 53.9 Å². The van der Waals surface area contributed by atoms with Crippen LogP contribution in [0.25, 0.3) is 0 Å². The van der Waals surface area contributed by atoms with Crippen LogP contribution in [-0.2, 0) is 0 Å². The minimum Gasteiger partial charge on any atom is -0.0831 e. The van der Waals surface area contributed by atoms with E-state index < -0.39 is 0 Å². The maximum atomic E-state index is 2.33. The van der Waals surface area contributed by atoms with Crippen molar-refractivity contribution in [2.75, 3.05) is 0 Å². The molecule has 0 fully saturated rings. The Hall–Kier alpha value is 0.0649. The topological polar surface area (TPSA) is 0 Å². The first-order valence-corrected chi connectivity index (χ1v) is 3.38. The molecule has 0 bridgehead atoms. The van der Waals surface area contributed by atoms with E-state index in [1.165, 1.54) is 12.6 Å². The van der Waals surface area contributed by atoms with Crippen molar-refractivity contribution in [2.24, 2.45) is 5.41 Å². The van der Waals surface area contributed by atoms with E-state index in [4.69, 9.17) is 0 Å². The van der Waals surface area contributed by atoms with E-state index in [1.54, 1.807) is 0 Å². The Balaban J connectivity index is 3.11. The Bertz CT molecular complexity index is 51.9. The highest BCUT2D eigenvalue weighted by Gasteiger charge is 2.07. The molecular formula is C7H16B. The first-order valence-electron chi connectivity index (χ1n) is 3.38. The van der Waals surface area contributed by atoms with Gasteiger partial charge in [-0.15, -0.1) is 0 Å². The molecule has 0 aliphatic carbocycles. The molecule has 0 heterocycles. The molecule has 0 aliphatic heterocycles. The van der Waals surface area contributed by atoms with Gasteiger partial charge in [-0.25, -0.2) is 0 Å². The molecule has 0 rings (SSSR count). The molecule has 1 heteroatoms. The molecule has 0 N–H and O–H groups in total. The Morgan fingerprint density at radius 3 is 1.88 bits per heavy atom. The largest absolute Gasteiger partial charge is 0.109 e. The van der Waals surface area contributed by atoms with Crippen molar-refractivity contribution in [3.63, 3.8) is 0 Å². The number of rotatable bonds is 2. The van der Waals surface area contributed by atoms with Gasteiger partial charge in [0.25, 0.3) is 0 Å². The molecule has 0 aromatic heterocycles. The molecule has 0 amide bonds. The molecule has 8 heavy (non-hydrogen) atoms. The quantitative estimate of drug-likeness (QED) is 0.480. The summed E-state index contributed by atoms with van der Waals surface area (Å²) in [5.74, 6) is 0. The summed E-state index contributed by atoms with van der Waals surface area (Å²) in [6, 6.07) is 0. The second-order valence-electron chi connectivity index (χ2n) is 3.46. The number of hydrogen-bond acceptors (Lipinski definition) is 0. The van der Waals surface area contributed by atoms with E-state index in [-0.39, 0.29) is 0 Å². The predicted octanol–water partition coefficient (Wildman–Crippen LogP) is 2.59. The zero-order valence-electron chi connectivity index (χ0n) is 6.49. The molecule has 0 aliphatic rings. The second kappa shape index (κ2) is 3.16. The SMILES string of the molecule is CC[B]CC(C)(C)C. The predicted molar refractivity (Wildman–Crippen MR) is 40.5 cm³/mol. The van der Waals surface area contributed by atoms with Gasteiger partial charge in [0.15, 0.2) is 0 Å². The van der Waals surface area contributed by atoms with E-state index >= 15 is 0 Å². The van der Waals surface area contributed by atoms with Crippen LogP contribution in [0.2, 0.25) is 12.6 Å². The van der Waals surface area contributed by atoms with Gasteiger partial charge in [-0.3, -0.25) is 0 Å². The zero-order valence-corrected chi connectivity index (χ0v) is 6.49. The summed E-state index contributed by atoms with van der Waals surface area (Å²) in [5, 5.41) is 0. The maximum Gasteiger partial charge on any atom is 0.109 e. The third-order valence-electron chi connectivity index (χ3n) is 1.05. The van der Waals surface area contributed by atoms with Gasteiger partial charge in [-0.2, -0.15) is 0 Å². The lowest BCUT2D eigenvalue weighted by Crippen LogP contribution is -2.07. The van der Waals surface area contributed by atoms with Crippen LogP contribution in [0.1, 0.15) is 27.7 Å². The standard InChI is InChI=1S/C7H16B/c1-5-8-6-7(2,3)4/h5-6H2,1-4H3. The third kappa shape index (κ3) is 6.06. The molecule has 0 saturated heterocycles. The molecule has 0 saturated carbocycles. The summed E-state index contributed by atoms with van der Waals surface area (Å²) >= 11 is 0. The summed E-state index contributed by atoms with van der Waals surface area (Å²) in [7, 11) is 2.33. The van der Waals surface area contributed by atoms with Crippen molar-refractivity contribution in [3.8, 4) is 0 Å². The minimum atomic E-state index is 0.496. The molecule has 1 radical (unpaired) electrons. The van der Waals surface area contributed by atoms with Gasteiger partial charge in [0, 0.05) is 0 Å². The van der Waals surface area contributed by atoms with Gasteiger partial charge in [0.2, 0.25) is 0 Å². The van der Waals surface area contributed by atoms with Gasteiger partial charge in [0.1, 0.15) is 7.28 Å². The Kier molecular flexibility index (Phi) is 3.19. The molecule has 0 unspecified atom stereocenters. The fraction of sp³-hybridized carbons (Fsp3) is 1.00. The van der Waals surface area contributed by atoms with Crippen molar-refractivity contribution in [2.45, 2.75) is 40.3 Å². The van der Waals surface area contributed by atoms with Gasteiger partial charge in [-0.1, -0.05) is 40.3 Å². The van der Waals surface area contributed by atoms with E-state index in [9.17, 15) is 0 Å². The average molecular weight is 111 g/mol. The normalized spacial score (nSPS) is 11.5. The average Bonchev–Trinajstić information content (AvgIpc) is 1.59. The molecule has 0 aromatic carbocycles. The smallest absolute Gasteiger partial charge is 0.0831 e. The van der Waals surface area contributed by atoms with E-state index in [1.807, 2.05) is 0 Å². The van der Waals surface area contributed by atoms with E-state index in [0.717, 1.165) is 0 Å². The summed E-state index contributed by atoms with van der Waals surface area (Å²) in [6.45, 7) is 8.98.